The van der Waals surface area contributed by atoms with E-state index >= 15 is 0 Å². The molecule has 0 fully saturated rings. The molecule has 26 heavy (non-hydrogen) atoms. The van der Waals surface area contributed by atoms with Gasteiger partial charge in [-0.3, -0.25) is 9.89 Å². The number of thiazole rings is 1. The summed E-state index contributed by atoms with van der Waals surface area (Å²) >= 11 is 1.39. The lowest BCUT2D eigenvalue weighted by Crippen LogP contribution is -2.28. The average molecular weight is 373 g/mol. The molecule has 136 valence electrons. The second-order valence-corrected chi connectivity index (χ2v) is 6.89. The molecule has 8 heteroatoms. The predicted octanol–water partition coefficient (Wildman–Crippen LogP) is 2.84. The number of rotatable bonds is 7. The molecule has 2 aromatic heterocycles. The molecule has 0 aliphatic heterocycles. The molecule has 0 aliphatic carbocycles. The molecule has 3 N–H and O–H groups in total. The van der Waals surface area contributed by atoms with Gasteiger partial charge in [0.1, 0.15) is 16.5 Å². The number of nitrogens with one attached hydrogen (secondary N) is 1. The molecule has 0 unspecified atom stereocenters. The fourth-order valence-electron chi connectivity index (χ4n) is 2.59. The minimum Gasteiger partial charge on any atom is -0.340 e. The summed E-state index contributed by atoms with van der Waals surface area (Å²) in [7, 11) is 1.76. The number of carbonyl (C=O) groups is 1. The quantitative estimate of drug-likeness (QED) is 0.667. The number of hydrogen-bond acceptors (Lipinski definition) is 5. The highest BCUT2D eigenvalue weighted by Crippen LogP contribution is 2.19. The van der Waals surface area contributed by atoms with E-state index in [0.29, 0.717) is 24.5 Å². The molecule has 6 nitrogen and oxygen atoms in total. The first-order chi connectivity index (χ1) is 12.6. The first-order valence-electron chi connectivity index (χ1n) is 8.27. The Morgan fingerprint density at radius 1 is 1.38 bits per heavy atom. The molecule has 3 rings (SSSR count). The minimum atomic E-state index is -0.285. The third-order valence-corrected chi connectivity index (χ3v) is 4.85. The van der Waals surface area contributed by atoms with Crippen molar-refractivity contribution in [1.29, 1.82) is 0 Å². The topological polar surface area (TPSA) is 87.9 Å². The Morgan fingerprint density at radius 3 is 2.96 bits per heavy atom. The summed E-state index contributed by atoms with van der Waals surface area (Å²) in [6.45, 7) is 0.942. The van der Waals surface area contributed by atoms with Crippen LogP contribution in [0.5, 0.6) is 0 Å². The van der Waals surface area contributed by atoms with Crippen LogP contribution >= 0.6 is 11.3 Å². The van der Waals surface area contributed by atoms with Crippen LogP contribution < -0.4 is 5.73 Å². The lowest BCUT2D eigenvalue weighted by Gasteiger charge is -2.15. The second kappa shape index (κ2) is 8.20. The van der Waals surface area contributed by atoms with Crippen molar-refractivity contribution in [3.63, 3.8) is 0 Å². The predicted molar refractivity (Wildman–Crippen MR) is 99.3 cm³/mol. The lowest BCUT2D eigenvalue weighted by molar-refractivity contribution is 0.0788. The van der Waals surface area contributed by atoms with Crippen LogP contribution in [-0.4, -0.2) is 39.6 Å². The van der Waals surface area contributed by atoms with Crippen LogP contribution in [-0.2, 0) is 13.0 Å². The van der Waals surface area contributed by atoms with Crippen molar-refractivity contribution in [1.82, 2.24) is 20.1 Å². The fourth-order valence-corrected chi connectivity index (χ4v) is 3.24. The Kier molecular flexibility index (Phi) is 5.75. The van der Waals surface area contributed by atoms with Crippen molar-refractivity contribution in [2.45, 2.75) is 19.4 Å². The van der Waals surface area contributed by atoms with E-state index in [-0.39, 0.29) is 11.7 Å². The minimum absolute atomic E-state index is 0.106. The van der Waals surface area contributed by atoms with Crippen molar-refractivity contribution in [3.8, 4) is 11.3 Å². The zero-order valence-electron chi connectivity index (χ0n) is 14.4. The second-order valence-electron chi connectivity index (χ2n) is 5.95. The summed E-state index contributed by atoms with van der Waals surface area (Å²) in [4.78, 5) is 18.2. The standard InChI is InChI=1S/C18H20FN5OS/c1-24(18(25)16-11-26-17(10-20)21-16)7-3-6-14-9-15(23-22-14)12-4-2-5-13(19)8-12/h2,4-5,8-9,11H,3,6-7,10,20H2,1H3,(H,22,23). The molecule has 0 radical (unpaired) electrons. The number of carbonyl (C=O) groups excluding carboxylic acids is 1. The third-order valence-electron chi connectivity index (χ3n) is 3.98. The summed E-state index contributed by atoms with van der Waals surface area (Å²) in [5.41, 5.74) is 8.36. The van der Waals surface area contributed by atoms with Gasteiger partial charge >= 0.3 is 0 Å². The summed E-state index contributed by atoms with van der Waals surface area (Å²) in [6.07, 6.45) is 1.52. The van der Waals surface area contributed by atoms with Gasteiger partial charge in [-0.1, -0.05) is 12.1 Å². The highest BCUT2D eigenvalue weighted by Gasteiger charge is 2.15. The SMILES string of the molecule is CN(CCCc1cc(-c2cccc(F)c2)n[nH]1)C(=O)c1csc(CN)n1. The first-order valence-corrected chi connectivity index (χ1v) is 9.15. The number of benzene rings is 1. The maximum Gasteiger partial charge on any atom is 0.273 e. The molecule has 0 atom stereocenters. The van der Waals surface area contributed by atoms with Crippen molar-refractivity contribution >= 4 is 17.2 Å². The van der Waals surface area contributed by atoms with Gasteiger partial charge in [0.25, 0.3) is 5.91 Å². The molecule has 0 spiro atoms. The average Bonchev–Trinajstić information content (AvgIpc) is 3.30. The van der Waals surface area contributed by atoms with E-state index < -0.39 is 0 Å². The van der Waals surface area contributed by atoms with Crippen LogP contribution in [0.3, 0.4) is 0 Å². The Bertz CT molecular complexity index is 891. The molecule has 0 aliphatic rings. The van der Waals surface area contributed by atoms with Crippen molar-refractivity contribution in [2.75, 3.05) is 13.6 Å². The van der Waals surface area contributed by atoms with E-state index in [1.165, 1.54) is 23.5 Å². The van der Waals surface area contributed by atoms with Gasteiger partial charge in [-0.25, -0.2) is 9.37 Å². The highest BCUT2D eigenvalue weighted by atomic mass is 32.1. The number of hydrogen-bond donors (Lipinski definition) is 2. The maximum atomic E-state index is 13.3. The zero-order chi connectivity index (χ0) is 18.5. The molecular weight excluding hydrogens is 353 g/mol. The van der Waals surface area contributed by atoms with E-state index in [1.807, 2.05) is 12.1 Å². The fraction of sp³-hybridized carbons (Fsp3) is 0.278. The normalized spacial score (nSPS) is 10.9. The molecule has 0 saturated heterocycles. The Labute approximate surface area is 154 Å². The summed E-state index contributed by atoms with van der Waals surface area (Å²) in [5.74, 6) is -0.391. The summed E-state index contributed by atoms with van der Waals surface area (Å²) < 4.78 is 13.3. The van der Waals surface area contributed by atoms with E-state index in [9.17, 15) is 9.18 Å². The first kappa shape index (κ1) is 18.2. The van der Waals surface area contributed by atoms with Crippen molar-refractivity contribution in [2.24, 2.45) is 5.73 Å². The molecular formula is C18H20FN5OS. The Morgan fingerprint density at radius 2 is 2.23 bits per heavy atom. The van der Waals surface area contributed by atoms with Gasteiger partial charge in [0.2, 0.25) is 0 Å². The van der Waals surface area contributed by atoms with Gasteiger partial charge in [0.15, 0.2) is 0 Å². The van der Waals surface area contributed by atoms with E-state index in [1.54, 1.807) is 23.4 Å². The number of nitrogens with zero attached hydrogens (tertiary/aromatic N) is 3. The zero-order valence-corrected chi connectivity index (χ0v) is 15.2. The van der Waals surface area contributed by atoms with Crippen LogP contribution in [0.15, 0.2) is 35.7 Å². The van der Waals surface area contributed by atoms with Gasteiger partial charge in [0.05, 0.1) is 5.69 Å². The number of halogens is 1. The molecule has 1 aromatic carbocycles. The number of aryl methyl sites for hydroxylation is 1. The number of aromatic amines is 1. The van der Waals surface area contributed by atoms with Gasteiger partial charge in [0, 0.05) is 36.8 Å². The van der Waals surface area contributed by atoms with Gasteiger partial charge in [-0.15, -0.1) is 11.3 Å². The number of aromatic nitrogens is 3. The monoisotopic (exact) mass is 373 g/mol. The molecule has 2 heterocycles. The number of H-pyrrole nitrogens is 1. The summed E-state index contributed by atoms with van der Waals surface area (Å²) in [5, 5.41) is 9.69. The molecule has 0 saturated carbocycles. The van der Waals surface area contributed by atoms with E-state index in [2.05, 4.69) is 15.2 Å². The van der Waals surface area contributed by atoms with Crippen LogP contribution in [0.4, 0.5) is 4.39 Å². The van der Waals surface area contributed by atoms with E-state index in [4.69, 9.17) is 5.73 Å². The third kappa shape index (κ3) is 4.33. The van der Waals surface area contributed by atoms with Crippen LogP contribution in [0.2, 0.25) is 0 Å². The summed E-state index contributed by atoms with van der Waals surface area (Å²) in [6, 6.07) is 8.25. The highest BCUT2D eigenvalue weighted by molar-refractivity contribution is 7.09. The molecule has 0 bridgehead atoms. The van der Waals surface area contributed by atoms with Crippen LogP contribution in [0, 0.1) is 5.82 Å². The van der Waals surface area contributed by atoms with E-state index in [0.717, 1.165) is 29.1 Å². The molecule has 3 aromatic rings. The van der Waals surface area contributed by atoms with Gasteiger partial charge < -0.3 is 10.6 Å². The van der Waals surface area contributed by atoms with Crippen LogP contribution in [0.25, 0.3) is 11.3 Å². The van der Waals surface area contributed by atoms with Crippen molar-refractivity contribution in [3.05, 3.63) is 57.9 Å². The Hall–Kier alpha value is -2.58. The lowest BCUT2D eigenvalue weighted by atomic mass is 10.1. The Balaban J connectivity index is 1.52. The van der Waals surface area contributed by atoms with Crippen molar-refractivity contribution < 1.29 is 9.18 Å². The number of nitrogens with two attached hydrogens (primary N) is 1. The van der Waals surface area contributed by atoms with Gasteiger partial charge in [-0.2, -0.15) is 5.10 Å². The molecule has 1 amide bonds. The van der Waals surface area contributed by atoms with Crippen LogP contribution in [0.1, 0.15) is 27.6 Å². The largest absolute Gasteiger partial charge is 0.340 e. The maximum absolute atomic E-state index is 13.3. The smallest absolute Gasteiger partial charge is 0.273 e. The van der Waals surface area contributed by atoms with Gasteiger partial charge in [-0.05, 0) is 31.0 Å². The number of amides is 1.